The number of hydrogen-bond donors (Lipinski definition) is 0. The van der Waals surface area contributed by atoms with Gasteiger partial charge in [-0.3, -0.25) is 9.36 Å². The van der Waals surface area contributed by atoms with Gasteiger partial charge in [0.15, 0.2) is 5.16 Å². The minimum absolute atomic E-state index is 0.0418. The third kappa shape index (κ3) is 2.67. The van der Waals surface area contributed by atoms with E-state index in [-0.39, 0.29) is 5.56 Å². The third-order valence-electron chi connectivity index (χ3n) is 2.59. The average molecular weight is 280 g/mol. The fourth-order valence-corrected chi connectivity index (χ4v) is 3.54. The number of thiophene rings is 1. The highest BCUT2D eigenvalue weighted by Crippen LogP contribution is 2.21. The molecule has 0 aromatic carbocycles. The normalized spacial score (nSPS) is 10.9. The van der Waals surface area contributed by atoms with Gasteiger partial charge in [-0.15, -0.1) is 17.9 Å². The SMILES string of the molecule is C=CCn1c(SCCCC)nc2sccc2c1=O. The summed E-state index contributed by atoms with van der Waals surface area (Å²) in [6.45, 7) is 6.39. The van der Waals surface area contributed by atoms with Crippen LogP contribution in [0.3, 0.4) is 0 Å². The van der Waals surface area contributed by atoms with Crippen molar-refractivity contribution in [1.82, 2.24) is 9.55 Å². The van der Waals surface area contributed by atoms with Crippen LogP contribution in [-0.4, -0.2) is 15.3 Å². The van der Waals surface area contributed by atoms with Crippen LogP contribution in [-0.2, 0) is 6.54 Å². The summed E-state index contributed by atoms with van der Waals surface area (Å²) in [4.78, 5) is 17.7. The van der Waals surface area contributed by atoms with Gasteiger partial charge in [-0.25, -0.2) is 4.98 Å². The summed E-state index contributed by atoms with van der Waals surface area (Å²) < 4.78 is 1.71. The van der Waals surface area contributed by atoms with Gasteiger partial charge >= 0.3 is 0 Å². The second kappa shape index (κ2) is 6.20. The van der Waals surface area contributed by atoms with E-state index in [4.69, 9.17) is 0 Å². The first kappa shape index (κ1) is 13.4. The fourth-order valence-electron chi connectivity index (χ4n) is 1.64. The Kier molecular flexibility index (Phi) is 4.60. The maximum Gasteiger partial charge on any atom is 0.263 e. The molecule has 0 atom stereocenters. The number of unbranched alkanes of at least 4 members (excludes halogenated alkanes) is 1. The second-order valence-electron chi connectivity index (χ2n) is 3.94. The maximum atomic E-state index is 12.3. The molecule has 0 N–H and O–H groups in total. The molecule has 0 saturated carbocycles. The van der Waals surface area contributed by atoms with Gasteiger partial charge in [0, 0.05) is 12.3 Å². The molecular formula is C13H16N2OS2. The van der Waals surface area contributed by atoms with E-state index in [0.29, 0.717) is 11.9 Å². The summed E-state index contributed by atoms with van der Waals surface area (Å²) >= 11 is 3.17. The van der Waals surface area contributed by atoms with Crippen LogP contribution in [0.1, 0.15) is 19.8 Å². The molecule has 2 rings (SSSR count). The molecule has 2 aromatic heterocycles. The monoisotopic (exact) mass is 280 g/mol. The smallest absolute Gasteiger partial charge is 0.263 e. The molecule has 0 aliphatic carbocycles. The molecule has 0 spiro atoms. The predicted molar refractivity (Wildman–Crippen MR) is 79.7 cm³/mol. The highest BCUT2D eigenvalue weighted by atomic mass is 32.2. The zero-order chi connectivity index (χ0) is 13.0. The number of aromatic nitrogens is 2. The summed E-state index contributed by atoms with van der Waals surface area (Å²) in [6.07, 6.45) is 4.03. The van der Waals surface area contributed by atoms with Crippen molar-refractivity contribution in [2.75, 3.05) is 5.75 Å². The molecule has 0 fully saturated rings. The Bertz CT molecular complexity index is 601. The number of fused-ring (bicyclic) bond motifs is 1. The third-order valence-corrected chi connectivity index (χ3v) is 4.46. The minimum atomic E-state index is 0.0418. The van der Waals surface area contributed by atoms with Crippen molar-refractivity contribution < 1.29 is 0 Å². The lowest BCUT2D eigenvalue weighted by Gasteiger charge is -2.09. The highest BCUT2D eigenvalue weighted by Gasteiger charge is 2.11. The molecule has 0 saturated heterocycles. The number of rotatable bonds is 6. The number of nitrogens with zero attached hydrogens (tertiary/aromatic N) is 2. The number of allylic oxidation sites excluding steroid dienone is 1. The van der Waals surface area contributed by atoms with E-state index in [1.54, 1.807) is 22.4 Å². The van der Waals surface area contributed by atoms with E-state index >= 15 is 0 Å². The summed E-state index contributed by atoms with van der Waals surface area (Å²) in [5.74, 6) is 0.997. The predicted octanol–water partition coefficient (Wildman–Crippen LogP) is 3.54. The Morgan fingerprint density at radius 1 is 1.61 bits per heavy atom. The Morgan fingerprint density at radius 2 is 2.44 bits per heavy atom. The Morgan fingerprint density at radius 3 is 3.17 bits per heavy atom. The number of thioether (sulfide) groups is 1. The molecule has 96 valence electrons. The topological polar surface area (TPSA) is 34.9 Å². The first-order valence-corrected chi connectivity index (χ1v) is 7.86. The van der Waals surface area contributed by atoms with E-state index in [1.165, 1.54) is 11.3 Å². The molecule has 0 bridgehead atoms. The highest BCUT2D eigenvalue weighted by molar-refractivity contribution is 7.99. The van der Waals surface area contributed by atoms with Crippen molar-refractivity contribution in [3.63, 3.8) is 0 Å². The van der Waals surface area contributed by atoms with E-state index < -0.39 is 0 Å². The molecule has 3 nitrogen and oxygen atoms in total. The van der Waals surface area contributed by atoms with Crippen LogP contribution < -0.4 is 5.56 Å². The Labute approximate surface area is 115 Å². The van der Waals surface area contributed by atoms with Gasteiger partial charge in [-0.2, -0.15) is 0 Å². The van der Waals surface area contributed by atoms with Crippen molar-refractivity contribution in [1.29, 1.82) is 0 Å². The molecule has 0 aliphatic rings. The van der Waals surface area contributed by atoms with Crippen molar-refractivity contribution >= 4 is 33.3 Å². The van der Waals surface area contributed by atoms with Crippen LogP contribution in [0.2, 0.25) is 0 Å². The van der Waals surface area contributed by atoms with Gasteiger partial charge in [0.2, 0.25) is 0 Å². The van der Waals surface area contributed by atoms with Crippen LogP contribution >= 0.6 is 23.1 Å². The number of hydrogen-bond acceptors (Lipinski definition) is 4. The first-order valence-electron chi connectivity index (χ1n) is 5.99. The van der Waals surface area contributed by atoms with E-state index in [1.807, 2.05) is 11.4 Å². The minimum Gasteiger partial charge on any atom is -0.283 e. The summed E-state index contributed by atoms with van der Waals surface area (Å²) in [6, 6.07) is 1.84. The standard InChI is InChI=1S/C13H16N2OS2/c1-3-5-8-18-13-14-11-10(6-9-17-11)12(16)15(13)7-4-2/h4,6,9H,2-3,5,7-8H2,1H3. The van der Waals surface area contributed by atoms with Gasteiger partial charge in [0.25, 0.3) is 5.56 Å². The summed E-state index contributed by atoms with van der Waals surface area (Å²) in [7, 11) is 0. The van der Waals surface area contributed by atoms with Crippen molar-refractivity contribution in [3.05, 3.63) is 34.5 Å². The van der Waals surface area contributed by atoms with E-state index in [2.05, 4.69) is 18.5 Å². The molecule has 5 heteroatoms. The second-order valence-corrected chi connectivity index (χ2v) is 5.90. The van der Waals surface area contributed by atoms with E-state index in [0.717, 1.165) is 28.6 Å². The molecule has 0 amide bonds. The van der Waals surface area contributed by atoms with Gasteiger partial charge < -0.3 is 0 Å². The van der Waals surface area contributed by atoms with Crippen molar-refractivity contribution in [3.8, 4) is 0 Å². The lowest BCUT2D eigenvalue weighted by Crippen LogP contribution is -2.22. The van der Waals surface area contributed by atoms with Crippen molar-refractivity contribution in [2.45, 2.75) is 31.5 Å². The van der Waals surface area contributed by atoms with Crippen LogP contribution in [0.25, 0.3) is 10.2 Å². The van der Waals surface area contributed by atoms with Gasteiger partial charge in [0.1, 0.15) is 4.83 Å². The Balaban J connectivity index is 2.44. The molecular weight excluding hydrogens is 264 g/mol. The van der Waals surface area contributed by atoms with Crippen molar-refractivity contribution in [2.24, 2.45) is 0 Å². The molecule has 2 aromatic rings. The van der Waals surface area contributed by atoms with Gasteiger partial charge in [-0.1, -0.05) is 31.2 Å². The molecule has 0 unspecified atom stereocenters. The van der Waals surface area contributed by atoms with Crippen LogP contribution in [0.4, 0.5) is 0 Å². The molecule has 0 radical (unpaired) electrons. The Hall–Kier alpha value is -1.07. The molecule has 0 aliphatic heterocycles. The van der Waals surface area contributed by atoms with Crippen LogP contribution in [0.15, 0.2) is 34.1 Å². The zero-order valence-electron chi connectivity index (χ0n) is 10.4. The fraction of sp³-hybridized carbons (Fsp3) is 0.385. The van der Waals surface area contributed by atoms with Crippen LogP contribution in [0.5, 0.6) is 0 Å². The molecule has 18 heavy (non-hydrogen) atoms. The zero-order valence-corrected chi connectivity index (χ0v) is 12.0. The lowest BCUT2D eigenvalue weighted by atomic mass is 10.4. The van der Waals surface area contributed by atoms with Gasteiger partial charge in [0.05, 0.1) is 5.39 Å². The largest absolute Gasteiger partial charge is 0.283 e. The van der Waals surface area contributed by atoms with E-state index in [9.17, 15) is 4.79 Å². The summed E-state index contributed by atoms with van der Waals surface area (Å²) in [5, 5.41) is 3.43. The molecule has 2 heterocycles. The lowest BCUT2D eigenvalue weighted by molar-refractivity contribution is 0.672. The van der Waals surface area contributed by atoms with Gasteiger partial charge in [-0.05, 0) is 17.9 Å². The maximum absolute atomic E-state index is 12.3. The quantitative estimate of drug-likeness (QED) is 0.351. The van der Waals surface area contributed by atoms with Crippen LogP contribution in [0, 0.1) is 0 Å². The average Bonchev–Trinajstić information content (AvgIpc) is 2.82. The summed E-state index contributed by atoms with van der Waals surface area (Å²) in [5.41, 5.74) is 0.0418. The first-order chi connectivity index (χ1) is 8.77.